The fourth-order valence-corrected chi connectivity index (χ4v) is 5.28. The Morgan fingerprint density at radius 1 is 1.15 bits per heavy atom. The summed E-state index contributed by atoms with van der Waals surface area (Å²) in [6, 6.07) is 10.5. The van der Waals surface area contributed by atoms with Crippen LogP contribution in [0.5, 0.6) is 5.75 Å². The molecule has 0 aliphatic heterocycles. The van der Waals surface area contributed by atoms with Crippen LogP contribution >= 0.6 is 18.7 Å². The highest BCUT2D eigenvalue weighted by Crippen LogP contribution is 2.48. The van der Waals surface area contributed by atoms with Crippen molar-refractivity contribution in [3.63, 3.8) is 0 Å². The minimum absolute atomic E-state index is 0.0781. The van der Waals surface area contributed by atoms with Crippen molar-refractivity contribution in [2.24, 2.45) is 7.05 Å². The van der Waals surface area contributed by atoms with Crippen LogP contribution in [0.3, 0.4) is 0 Å². The van der Waals surface area contributed by atoms with Crippen molar-refractivity contribution in [3.05, 3.63) is 52.7 Å². The lowest BCUT2D eigenvalue weighted by Crippen LogP contribution is -2.18. The van der Waals surface area contributed by atoms with E-state index in [4.69, 9.17) is 4.74 Å². The smallest absolute Gasteiger partial charge is 0.272 e. The average Bonchev–Trinajstić information content (AvgIpc) is 3.08. The first-order valence-electron chi connectivity index (χ1n) is 11.2. The number of anilines is 2. The van der Waals surface area contributed by atoms with E-state index in [1.54, 1.807) is 18.5 Å². The zero-order valence-corrected chi connectivity index (χ0v) is 22.9. The molecule has 33 heavy (non-hydrogen) atoms. The number of carbonyl (C=O) groups excluding carboxylic acids is 1. The summed E-state index contributed by atoms with van der Waals surface area (Å²) in [6.45, 7) is 12.9. The molecular formula is C26H36N3O2PS. The van der Waals surface area contributed by atoms with Crippen LogP contribution in [-0.2, 0) is 18.9 Å². The molecule has 0 radical (unpaired) electrons. The summed E-state index contributed by atoms with van der Waals surface area (Å²) >= 11 is 1.79. The number of nitrogens with one attached hydrogen (secondary N) is 2. The quantitative estimate of drug-likeness (QED) is 0.344. The third kappa shape index (κ3) is 5.33. The Morgan fingerprint density at radius 2 is 1.82 bits per heavy atom. The number of hydrogen-bond donors (Lipinski definition) is 2. The van der Waals surface area contributed by atoms with E-state index in [1.807, 2.05) is 23.7 Å². The van der Waals surface area contributed by atoms with Gasteiger partial charge in [-0.3, -0.25) is 4.79 Å². The van der Waals surface area contributed by atoms with Gasteiger partial charge in [0.05, 0.1) is 24.0 Å². The zero-order valence-electron chi connectivity index (χ0n) is 21.2. The summed E-state index contributed by atoms with van der Waals surface area (Å²) in [5.41, 5.74) is 6.84. The third-order valence-electron chi connectivity index (χ3n) is 5.92. The van der Waals surface area contributed by atoms with Crippen LogP contribution in [0, 0.1) is 6.92 Å². The van der Waals surface area contributed by atoms with Gasteiger partial charge in [-0.1, -0.05) is 39.3 Å². The number of rotatable bonds is 7. The minimum Gasteiger partial charge on any atom is -0.492 e. The van der Waals surface area contributed by atoms with E-state index >= 15 is 0 Å². The molecule has 3 rings (SSSR count). The molecule has 0 aliphatic carbocycles. The molecule has 1 unspecified atom stereocenters. The van der Waals surface area contributed by atoms with E-state index in [2.05, 4.69) is 76.1 Å². The Kier molecular flexibility index (Phi) is 7.70. The Balaban J connectivity index is 2.09. The molecule has 0 spiro atoms. The van der Waals surface area contributed by atoms with Crippen LogP contribution in [0.25, 0.3) is 10.9 Å². The van der Waals surface area contributed by atoms with Crippen molar-refractivity contribution in [2.75, 3.05) is 30.4 Å². The number of amides is 1. The monoisotopic (exact) mass is 485 g/mol. The molecule has 0 aliphatic rings. The highest BCUT2D eigenvalue weighted by atomic mass is 32.7. The predicted octanol–water partition coefficient (Wildman–Crippen LogP) is 7.32. The van der Waals surface area contributed by atoms with Crippen molar-refractivity contribution in [1.29, 1.82) is 0 Å². The second-order valence-electron chi connectivity index (χ2n) is 9.40. The van der Waals surface area contributed by atoms with Crippen LogP contribution in [-0.4, -0.2) is 30.5 Å². The molecule has 0 saturated heterocycles. The first-order chi connectivity index (χ1) is 15.5. The SMILES string of the molecule is CCc1cc(C)cc2cc(C(=O)Nc3cc(C(C)(C)C)cc(NP(C)SC)c3OC)n(C)c12. The highest BCUT2D eigenvalue weighted by Gasteiger charge is 2.23. The maximum atomic E-state index is 13.5. The number of nitrogens with zero attached hydrogens (tertiary/aromatic N) is 1. The normalized spacial score (nSPS) is 12.6. The molecular weight excluding hydrogens is 449 g/mol. The number of fused-ring (bicyclic) bond motifs is 1. The fraction of sp³-hybridized carbons (Fsp3) is 0.423. The number of benzene rings is 2. The lowest BCUT2D eigenvalue weighted by molar-refractivity contribution is 0.101. The van der Waals surface area contributed by atoms with Gasteiger partial charge in [0.15, 0.2) is 5.75 Å². The van der Waals surface area contributed by atoms with Gasteiger partial charge in [-0.05, 0) is 67.1 Å². The van der Waals surface area contributed by atoms with Gasteiger partial charge in [0, 0.05) is 19.7 Å². The average molecular weight is 486 g/mol. The molecule has 1 amide bonds. The van der Waals surface area contributed by atoms with Crippen molar-refractivity contribution in [2.45, 2.75) is 46.5 Å². The lowest BCUT2D eigenvalue weighted by Gasteiger charge is -2.25. The van der Waals surface area contributed by atoms with Crippen molar-refractivity contribution >= 4 is 46.8 Å². The van der Waals surface area contributed by atoms with Gasteiger partial charge >= 0.3 is 0 Å². The summed E-state index contributed by atoms with van der Waals surface area (Å²) < 4.78 is 7.79. The predicted molar refractivity (Wildman–Crippen MR) is 147 cm³/mol. The lowest BCUT2D eigenvalue weighted by atomic mass is 9.86. The number of ether oxygens (including phenoxy) is 1. The van der Waals surface area contributed by atoms with Gasteiger partial charge in [-0.2, -0.15) is 0 Å². The molecule has 1 aromatic heterocycles. The van der Waals surface area contributed by atoms with Gasteiger partial charge in [0.1, 0.15) is 5.69 Å². The van der Waals surface area contributed by atoms with E-state index in [0.29, 0.717) is 17.1 Å². The summed E-state index contributed by atoms with van der Waals surface area (Å²) in [7, 11) is 3.15. The second-order valence-corrected chi connectivity index (χ2v) is 13.7. The van der Waals surface area contributed by atoms with Crippen LogP contribution in [0.1, 0.15) is 54.9 Å². The molecule has 3 aromatic rings. The summed E-state index contributed by atoms with van der Waals surface area (Å²) in [5.74, 6) is 0.510. The molecule has 1 atom stereocenters. The topological polar surface area (TPSA) is 55.3 Å². The summed E-state index contributed by atoms with van der Waals surface area (Å²) in [4.78, 5) is 13.5. The van der Waals surface area contributed by atoms with Crippen LogP contribution in [0.15, 0.2) is 30.3 Å². The molecule has 2 aromatic carbocycles. The van der Waals surface area contributed by atoms with Gasteiger partial charge < -0.3 is 19.7 Å². The Morgan fingerprint density at radius 3 is 2.39 bits per heavy atom. The van der Waals surface area contributed by atoms with E-state index in [-0.39, 0.29) is 11.3 Å². The molecule has 178 valence electrons. The molecule has 5 nitrogen and oxygen atoms in total. The first-order valence-corrected chi connectivity index (χ1v) is 14.8. The van der Waals surface area contributed by atoms with E-state index in [1.165, 1.54) is 11.1 Å². The van der Waals surface area contributed by atoms with E-state index in [9.17, 15) is 4.79 Å². The maximum absolute atomic E-state index is 13.5. The number of aryl methyl sites for hydroxylation is 3. The van der Waals surface area contributed by atoms with E-state index in [0.717, 1.165) is 28.6 Å². The van der Waals surface area contributed by atoms with Gasteiger partial charge in [-0.25, -0.2) is 0 Å². The van der Waals surface area contributed by atoms with Crippen LogP contribution in [0.4, 0.5) is 11.4 Å². The van der Waals surface area contributed by atoms with Gasteiger partial charge in [-0.15, -0.1) is 11.4 Å². The van der Waals surface area contributed by atoms with Crippen LogP contribution in [0.2, 0.25) is 0 Å². The van der Waals surface area contributed by atoms with Gasteiger partial charge in [0.25, 0.3) is 5.91 Å². The number of methoxy groups -OCH3 is 1. The summed E-state index contributed by atoms with van der Waals surface area (Å²) in [5, 5.41) is 7.82. The fourth-order valence-electron chi connectivity index (χ4n) is 4.11. The Hall–Kier alpha value is -2.17. The molecule has 1 heterocycles. The molecule has 7 heteroatoms. The number of aromatic nitrogens is 1. The van der Waals surface area contributed by atoms with Crippen LogP contribution < -0.4 is 15.1 Å². The largest absolute Gasteiger partial charge is 0.492 e. The maximum Gasteiger partial charge on any atom is 0.272 e. The van der Waals surface area contributed by atoms with Crippen molar-refractivity contribution in [1.82, 2.24) is 4.57 Å². The minimum atomic E-state index is -0.459. The highest BCUT2D eigenvalue weighted by molar-refractivity contribution is 8.55. The zero-order chi connectivity index (χ0) is 24.5. The third-order valence-corrected chi connectivity index (χ3v) is 8.94. The van der Waals surface area contributed by atoms with Crippen molar-refractivity contribution < 1.29 is 9.53 Å². The number of hydrogen-bond acceptors (Lipinski definition) is 4. The second kappa shape index (κ2) is 9.99. The summed E-state index contributed by atoms with van der Waals surface area (Å²) in [6.07, 6.45) is 3.01. The Bertz CT molecular complexity index is 1180. The molecule has 2 N–H and O–H groups in total. The number of carbonyl (C=O) groups is 1. The van der Waals surface area contributed by atoms with Crippen molar-refractivity contribution in [3.8, 4) is 5.75 Å². The van der Waals surface area contributed by atoms with Gasteiger partial charge in [0.2, 0.25) is 0 Å². The first kappa shape index (κ1) is 25.5. The van der Waals surface area contributed by atoms with E-state index < -0.39 is 7.27 Å². The molecule has 0 saturated carbocycles. The molecule has 0 fully saturated rings. The Labute approximate surface area is 203 Å². The standard InChI is InChI=1S/C26H36N3O2PS/c1-10-17-11-16(2)12-18-13-22(29(6)23(17)18)25(30)27-20-14-19(26(3,4)5)15-21(24(20)31-7)28-32(8)33-9/h11-15,28H,10H2,1-9H3,(H,27,30). The molecule has 0 bridgehead atoms.